The summed E-state index contributed by atoms with van der Waals surface area (Å²) in [6.45, 7) is -0.270. The van der Waals surface area contributed by atoms with Crippen LogP contribution in [0.3, 0.4) is 0 Å². The normalized spacial score (nSPS) is 11.6. The molecular weight excluding hydrogens is 397 g/mol. The molecule has 0 unspecified atom stereocenters. The lowest BCUT2D eigenvalue weighted by molar-refractivity contribution is -0.120. The molecule has 1 heterocycles. The number of ether oxygens (including phenoxy) is 2. The maximum atomic E-state index is 12.0. The predicted octanol–water partition coefficient (Wildman–Crippen LogP) is 1.91. The van der Waals surface area contributed by atoms with Gasteiger partial charge in [0, 0.05) is 10.6 Å². The molecule has 2 aromatic carbocycles. The lowest BCUT2D eigenvalue weighted by atomic mass is 10.2. The first kappa shape index (κ1) is 18.8. The summed E-state index contributed by atoms with van der Waals surface area (Å²) in [5, 5.41) is 2.94. The van der Waals surface area contributed by atoms with Crippen molar-refractivity contribution >= 4 is 40.9 Å². The first-order chi connectivity index (χ1) is 12.9. The first-order valence-electron chi connectivity index (χ1n) is 7.66. The molecule has 140 valence electrons. The van der Waals surface area contributed by atoms with E-state index in [9.17, 15) is 14.4 Å². The van der Waals surface area contributed by atoms with Crippen LogP contribution >= 0.6 is 23.2 Å². The number of hydrogen-bond donors (Lipinski definition) is 3. The van der Waals surface area contributed by atoms with Gasteiger partial charge in [0.15, 0.2) is 11.5 Å². The van der Waals surface area contributed by atoms with Gasteiger partial charge in [-0.25, -0.2) is 0 Å². The van der Waals surface area contributed by atoms with Crippen LogP contribution in [0.15, 0.2) is 36.4 Å². The van der Waals surface area contributed by atoms with Crippen LogP contribution in [0.25, 0.3) is 0 Å². The molecule has 10 heteroatoms. The van der Waals surface area contributed by atoms with Crippen LogP contribution in [0, 0.1) is 0 Å². The van der Waals surface area contributed by atoms with E-state index in [-0.39, 0.29) is 29.5 Å². The molecule has 2 aromatic rings. The van der Waals surface area contributed by atoms with E-state index < -0.39 is 17.7 Å². The molecule has 0 aromatic heterocycles. The number of halogens is 2. The molecule has 0 spiro atoms. The second-order valence-corrected chi connectivity index (χ2v) is 6.22. The van der Waals surface area contributed by atoms with Crippen LogP contribution in [0.2, 0.25) is 10.0 Å². The molecule has 0 saturated heterocycles. The number of hydrogen-bond acceptors (Lipinski definition) is 5. The smallest absolute Gasteiger partial charge is 0.269 e. The maximum Gasteiger partial charge on any atom is 0.269 e. The zero-order chi connectivity index (χ0) is 19.4. The highest BCUT2D eigenvalue weighted by molar-refractivity contribution is 6.36. The summed E-state index contributed by atoms with van der Waals surface area (Å²) in [6, 6.07) is 8.99. The third-order valence-corrected chi connectivity index (χ3v) is 4.08. The predicted molar refractivity (Wildman–Crippen MR) is 97.0 cm³/mol. The summed E-state index contributed by atoms with van der Waals surface area (Å²) in [6.07, 6.45) is 0. The largest absolute Gasteiger partial charge is 0.454 e. The van der Waals surface area contributed by atoms with Gasteiger partial charge in [0.1, 0.15) is 0 Å². The Bertz CT molecular complexity index is 919. The maximum absolute atomic E-state index is 12.0. The van der Waals surface area contributed by atoms with Crippen LogP contribution < -0.4 is 25.6 Å². The molecule has 0 fully saturated rings. The van der Waals surface area contributed by atoms with E-state index in [4.69, 9.17) is 32.7 Å². The molecule has 8 nitrogen and oxygen atoms in total. The average Bonchev–Trinajstić information content (AvgIpc) is 3.11. The Morgan fingerprint density at radius 1 is 0.926 bits per heavy atom. The molecule has 0 bridgehead atoms. The lowest BCUT2D eigenvalue weighted by Crippen LogP contribution is -2.46. The van der Waals surface area contributed by atoms with Crippen molar-refractivity contribution in [1.29, 1.82) is 0 Å². The van der Waals surface area contributed by atoms with Crippen molar-refractivity contribution in [1.82, 2.24) is 16.2 Å². The summed E-state index contributed by atoms with van der Waals surface area (Å²) in [5.41, 5.74) is 4.90. The molecule has 3 amide bonds. The van der Waals surface area contributed by atoms with Crippen LogP contribution in [-0.2, 0) is 4.79 Å². The number of benzene rings is 2. The van der Waals surface area contributed by atoms with E-state index in [1.54, 1.807) is 6.07 Å². The Hall–Kier alpha value is -2.97. The second kappa shape index (κ2) is 8.15. The molecule has 0 atom stereocenters. The quantitative estimate of drug-likeness (QED) is 0.668. The fourth-order valence-corrected chi connectivity index (χ4v) is 2.70. The van der Waals surface area contributed by atoms with Crippen molar-refractivity contribution in [2.45, 2.75) is 0 Å². The Balaban J connectivity index is 1.48. The fourth-order valence-electron chi connectivity index (χ4n) is 2.21. The van der Waals surface area contributed by atoms with Crippen LogP contribution in [0.5, 0.6) is 11.5 Å². The standard InChI is InChI=1S/C17H13Cl2N3O5/c18-10-2-3-11(12(19)6-10)17(25)20-7-15(23)21-22-16(24)9-1-4-13-14(5-9)27-8-26-13/h1-6H,7-8H2,(H,20,25)(H,21,23)(H,22,24). The highest BCUT2D eigenvalue weighted by Gasteiger charge is 2.17. The second-order valence-electron chi connectivity index (χ2n) is 5.38. The highest BCUT2D eigenvalue weighted by Crippen LogP contribution is 2.32. The third kappa shape index (κ3) is 4.60. The number of amides is 3. The van der Waals surface area contributed by atoms with Gasteiger partial charge in [-0.1, -0.05) is 23.2 Å². The average molecular weight is 410 g/mol. The van der Waals surface area contributed by atoms with Crippen LogP contribution in [0.1, 0.15) is 20.7 Å². The topological polar surface area (TPSA) is 106 Å². The Morgan fingerprint density at radius 2 is 1.70 bits per heavy atom. The van der Waals surface area contributed by atoms with Crippen molar-refractivity contribution in [3.63, 3.8) is 0 Å². The summed E-state index contributed by atoms with van der Waals surface area (Å²) >= 11 is 11.7. The van der Waals surface area contributed by atoms with Crippen molar-refractivity contribution in [2.24, 2.45) is 0 Å². The Labute approximate surface area is 163 Å². The van der Waals surface area contributed by atoms with Gasteiger partial charge in [0.2, 0.25) is 6.79 Å². The van der Waals surface area contributed by atoms with E-state index in [1.807, 2.05) is 0 Å². The van der Waals surface area contributed by atoms with Gasteiger partial charge in [0.25, 0.3) is 17.7 Å². The van der Waals surface area contributed by atoms with Gasteiger partial charge in [-0.3, -0.25) is 25.2 Å². The molecule has 3 N–H and O–H groups in total. The number of carbonyl (C=O) groups excluding carboxylic acids is 3. The Morgan fingerprint density at radius 3 is 2.48 bits per heavy atom. The van der Waals surface area contributed by atoms with Crippen LogP contribution in [-0.4, -0.2) is 31.1 Å². The summed E-state index contributed by atoms with van der Waals surface area (Å²) < 4.78 is 10.3. The molecule has 1 aliphatic heterocycles. The monoisotopic (exact) mass is 409 g/mol. The SMILES string of the molecule is O=C(CNC(=O)c1ccc(Cl)cc1Cl)NNC(=O)c1ccc2c(c1)OCO2. The van der Waals surface area contributed by atoms with Crippen molar-refractivity contribution < 1.29 is 23.9 Å². The minimum atomic E-state index is -0.623. The summed E-state index contributed by atoms with van der Waals surface area (Å²) in [4.78, 5) is 35.9. The lowest BCUT2D eigenvalue weighted by Gasteiger charge is -2.09. The van der Waals surface area contributed by atoms with E-state index >= 15 is 0 Å². The van der Waals surface area contributed by atoms with Gasteiger partial charge in [-0.2, -0.15) is 0 Å². The zero-order valence-electron chi connectivity index (χ0n) is 13.7. The van der Waals surface area contributed by atoms with E-state index in [0.717, 1.165) is 0 Å². The van der Waals surface area contributed by atoms with E-state index in [2.05, 4.69) is 16.2 Å². The van der Waals surface area contributed by atoms with Crippen molar-refractivity contribution in [3.8, 4) is 11.5 Å². The van der Waals surface area contributed by atoms with Crippen molar-refractivity contribution in [2.75, 3.05) is 13.3 Å². The number of nitrogens with one attached hydrogen (secondary N) is 3. The number of hydrazine groups is 1. The van der Waals surface area contributed by atoms with Gasteiger partial charge in [-0.15, -0.1) is 0 Å². The Kier molecular flexibility index (Phi) is 5.68. The summed E-state index contributed by atoms with van der Waals surface area (Å²) in [5.74, 6) is -0.731. The number of fused-ring (bicyclic) bond motifs is 1. The van der Waals surface area contributed by atoms with E-state index in [0.29, 0.717) is 16.5 Å². The summed E-state index contributed by atoms with van der Waals surface area (Å²) in [7, 11) is 0. The van der Waals surface area contributed by atoms with E-state index in [1.165, 1.54) is 30.3 Å². The molecular formula is C17H13Cl2N3O5. The van der Waals surface area contributed by atoms with Gasteiger partial charge < -0.3 is 14.8 Å². The van der Waals surface area contributed by atoms with Gasteiger partial charge in [0.05, 0.1) is 17.1 Å². The number of rotatable bonds is 4. The van der Waals surface area contributed by atoms with Gasteiger partial charge in [-0.05, 0) is 36.4 Å². The molecule has 0 aliphatic carbocycles. The molecule has 0 saturated carbocycles. The molecule has 3 rings (SSSR count). The number of carbonyl (C=O) groups is 3. The van der Waals surface area contributed by atoms with Crippen LogP contribution in [0.4, 0.5) is 0 Å². The van der Waals surface area contributed by atoms with Gasteiger partial charge >= 0.3 is 0 Å². The molecule has 1 aliphatic rings. The first-order valence-corrected chi connectivity index (χ1v) is 8.42. The molecule has 0 radical (unpaired) electrons. The molecule has 27 heavy (non-hydrogen) atoms. The third-order valence-electron chi connectivity index (χ3n) is 3.54. The minimum Gasteiger partial charge on any atom is -0.454 e. The van der Waals surface area contributed by atoms with Crippen molar-refractivity contribution in [3.05, 3.63) is 57.6 Å². The zero-order valence-corrected chi connectivity index (χ0v) is 15.2. The minimum absolute atomic E-state index is 0.0917. The fraction of sp³-hybridized carbons (Fsp3) is 0.118. The highest BCUT2D eigenvalue weighted by atomic mass is 35.5.